The molecule has 3 aromatic carbocycles. The molecule has 0 aromatic heterocycles. The largest absolute Gasteiger partial charge is 0.489 e. The van der Waals surface area contributed by atoms with Crippen molar-refractivity contribution in [2.45, 2.75) is 12.8 Å². The van der Waals surface area contributed by atoms with Gasteiger partial charge in [-0.25, -0.2) is 0 Å². The van der Waals surface area contributed by atoms with Crippen molar-refractivity contribution in [1.82, 2.24) is 5.32 Å². The standard InChI is InChI=1S/C21H17N3O4/c25-21-18-3-1-2-4-19(18)22-20(23-21)15-7-11-17(12-8-15)28-13-14-5-9-16(10-6-14)24(26)27/h1-12,20,22H,13H2,(H,23,25). The van der Waals surface area contributed by atoms with Crippen LogP contribution in [0, 0.1) is 10.1 Å². The Kier molecular flexibility index (Phi) is 4.63. The Morgan fingerprint density at radius 1 is 0.929 bits per heavy atom. The van der Waals surface area contributed by atoms with E-state index in [9.17, 15) is 14.9 Å². The number of nitrogens with zero attached hydrogens (tertiary/aromatic N) is 1. The molecule has 1 amide bonds. The molecule has 1 atom stereocenters. The van der Waals surface area contributed by atoms with E-state index in [1.54, 1.807) is 18.2 Å². The van der Waals surface area contributed by atoms with E-state index in [1.807, 2.05) is 42.5 Å². The van der Waals surface area contributed by atoms with Gasteiger partial charge in [0, 0.05) is 17.8 Å². The number of amides is 1. The Morgan fingerprint density at radius 3 is 2.36 bits per heavy atom. The van der Waals surface area contributed by atoms with Crippen LogP contribution in [-0.4, -0.2) is 10.8 Å². The Labute approximate surface area is 161 Å². The highest BCUT2D eigenvalue weighted by Crippen LogP contribution is 2.27. The fraction of sp³-hybridized carbons (Fsp3) is 0.0952. The molecule has 7 nitrogen and oxygen atoms in total. The fourth-order valence-corrected chi connectivity index (χ4v) is 3.01. The first-order chi connectivity index (χ1) is 13.6. The maximum Gasteiger partial charge on any atom is 0.269 e. The number of benzene rings is 3. The fourth-order valence-electron chi connectivity index (χ4n) is 3.01. The van der Waals surface area contributed by atoms with Gasteiger partial charge in [0.15, 0.2) is 0 Å². The summed E-state index contributed by atoms with van der Waals surface area (Å²) in [7, 11) is 0. The summed E-state index contributed by atoms with van der Waals surface area (Å²) >= 11 is 0. The normalized spacial score (nSPS) is 15.1. The Morgan fingerprint density at radius 2 is 1.64 bits per heavy atom. The first-order valence-electron chi connectivity index (χ1n) is 8.73. The van der Waals surface area contributed by atoms with Crippen molar-refractivity contribution >= 4 is 17.3 Å². The third-order valence-electron chi connectivity index (χ3n) is 4.51. The lowest BCUT2D eigenvalue weighted by Crippen LogP contribution is -2.38. The van der Waals surface area contributed by atoms with Crippen LogP contribution >= 0.6 is 0 Å². The van der Waals surface area contributed by atoms with Gasteiger partial charge in [0.2, 0.25) is 0 Å². The van der Waals surface area contributed by atoms with E-state index in [-0.39, 0.29) is 17.8 Å². The van der Waals surface area contributed by atoms with Gasteiger partial charge in [0.25, 0.3) is 11.6 Å². The highest BCUT2D eigenvalue weighted by molar-refractivity contribution is 6.01. The molecule has 1 heterocycles. The molecular weight excluding hydrogens is 358 g/mol. The predicted molar refractivity (Wildman–Crippen MR) is 104 cm³/mol. The Hall–Kier alpha value is -3.87. The van der Waals surface area contributed by atoms with Gasteiger partial charge >= 0.3 is 0 Å². The molecule has 0 bridgehead atoms. The van der Waals surface area contributed by atoms with Crippen LogP contribution in [0.4, 0.5) is 11.4 Å². The molecule has 1 aliphatic rings. The molecule has 7 heteroatoms. The number of non-ortho nitro benzene ring substituents is 1. The van der Waals surface area contributed by atoms with E-state index in [0.29, 0.717) is 17.9 Å². The summed E-state index contributed by atoms with van der Waals surface area (Å²) in [6, 6.07) is 21.1. The van der Waals surface area contributed by atoms with Crippen LogP contribution in [0.2, 0.25) is 0 Å². The second-order valence-corrected chi connectivity index (χ2v) is 6.38. The minimum atomic E-state index is -0.431. The molecule has 0 radical (unpaired) electrons. The van der Waals surface area contributed by atoms with Crippen molar-refractivity contribution in [2.75, 3.05) is 5.32 Å². The maximum atomic E-state index is 12.2. The average molecular weight is 375 g/mol. The van der Waals surface area contributed by atoms with Crippen molar-refractivity contribution in [3.8, 4) is 5.75 Å². The molecule has 4 rings (SSSR count). The second kappa shape index (κ2) is 7.40. The van der Waals surface area contributed by atoms with Gasteiger partial charge in [-0.05, 0) is 47.5 Å². The van der Waals surface area contributed by atoms with Gasteiger partial charge in [-0.3, -0.25) is 14.9 Å². The highest BCUT2D eigenvalue weighted by Gasteiger charge is 2.23. The molecule has 0 spiro atoms. The molecule has 28 heavy (non-hydrogen) atoms. The molecule has 1 unspecified atom stereocenters. The quantitative estimate of drug-likeness (QED) is 0.519. The number of ether oxygens (including phenoxy) is 1. The van der Waals surface area contributed by atoms with Crippen molar-refractivity contribution in [3.63, 3.8) is 0 Å². The van der Waals surface area contributed by atoms with E-state index >= 15 is 0 Å². The molecule has 3 aromatic rings. The molecule has 0 fully saturated rings. The van der Waals surface area contributed by atoms with Gasteiger partial charge in [0.05, 0.1) is 10.5 Å². The number of nitro groups is 1. The van der Waals surface area contributed by atoms with Crippen molar-refractivity contribution in [3.05, 3.63) is 99.6 Å². The topological polar surface area (TPSA) is 93.5 Å². The molecule has 1 aliphatic heterocycles. The van der Waals surface area contributed by atoms with Gasteiger partial charge < -0.3 is 15.4 Å². The van der Waals surface area contributed by atoms with Crippen molar-refractivity contribution in [2.24, 2.45) is 0 Å². The zero-order valence-corrected chi connectivity index (χ0v) is 14.8. The maximum absolute atomic E-state index is 12.2. The number of carbonyl (C=O) groups excluding carboxylic acids is 1. The summed E-state index contributed by atoms with van der Waals surface area (Å²) in [5.74, 6) is 0.558. The number of nitro benzene ring substituents is 1. The number of hydrogen-bond acceptors (Lipinski definition) is 5. The van der Waals surface area contributed by atoms with E-state index in [1.165, 1.54) is 12.1 Å². The van der Waals surface area contributed by atoms with E-state index in [4.69, 9.17) is 4.74 Å². The van der Waals surface area contributed by atoms with Crippen LogP contribution in [-0.2, 0) is 6.61 Å². The zero-order chi connectivity index (χ0) is 19.5. The number of hydrogen-bond donors (Lipinski definition) is 2. The van der Waals surface area contributed by atoms with Crippen molar-refractivity contribution < 1.29 is 14.5 Å². The minimum Gasteiger partial charge on any atom is -0.489 e. The van der Waals surface area contributed by atoms with Crippen LogP contribution in [0.5, 0.6) is 5.75 Å². The lowest BCUT2D eigenvalue weighted by Gasteiger charge is -2.28. The van der Waals surface area contributed by atoms with Crippen LogP contribution in [0.1, 0.15) is 27.7 Å². The summed E-state index contributed by atoms with van der Waals surface area (Å²) in [6.07, 6.45) is -0.314. The minimum absolute atomic E-state index is 0.0525. The first-order valence-corrected chi connectivity index (χ1v) is 8.73. The molecule has 0 aliphatic carbocycles. The number of nitrogens with one attached hydrogen (secondary N) is 2. The van der Waals surface area contributed by atoms with Gasteiger partial charge in [-0.15, -0.1) is 0 Å². The number of anilines is 1. The summed E-state index contributed by atoms with van der Waals surface area (Å²) in [5.41, 5.74) is 3.23. The third kappa shape index (κ3) is 3.64. The van der Waals surface area contributed by atoms with Crippen LogP contribution in [0.3, 0.4) is 0 Å². The first kappa shape index (κ1) is 17.5. The highest BCUT2D eigenvalue weighted by atomic mass is 16.6. The lowest BCUT2D eigenvalue weighted by atomic mass is 10.1. The molecule has 0 saturated carbocycles. The monoisotopic (exact) mass is 375 g/mol. The summed E-state index contributed by atoms with van der Waals surface area (Å²) < 4.78 is 5.73. The number of para-hydroxylation sites is 1. The summed E-state index contributed by atoms with van der Waals surface area (Å²) in [6.45, 7) is 0.309. The molecule has 140 valence electrons. The SMILES string of the molecule is O=C1NC(c2ccc(OCc3ccc([N+](=O)[O-])cc3)cc2)Nc2ccccc21. The predicted octanol–water partition coefficient (Wildman–Crippen LogP) is 4.03. The van der Waals surface area contributed by atoms with E-state index < -0.39 is 4.92 Å². The van der Waals surface area contributed by atoms with Crippen molar-refractivity contribution in [1.29, 1.82) is 0 Å². The number of rotatable bonds is 5. The van der Waals surface area contributed by atoms with Gasteiger partial charge in [0.1, 0.15) is 18.5 Å². The Balaban J connectivity index is 1.40. The van der Waals surface area contributed by atoms with Crippen LogP contribution in [0.15, 0.2) is 72.8 Å². The van der Waals surface area contributed by atoms with Gasteiger partial charge in [-0.1, -0.05) is 24.3 Å². The molecule has 2 N–H and O–H groups in total. The Bertz CT molecular complexity index is 1020. The van der Waals surface area contributed by atoms with Crippen LogP contribution < -0.4 is 15.4 Å². The van der Waals surface area contributed by atoms with E-state index in [0.717, 1.165) is 16.8 Å². The second-order valence-electron chi connectivity index (χ2n) is 6.38. The molecular formula is C21H17N3O4. The van der Waals surface area contributed by atoms with E-state index in [2.05, 4.69) is 10.6 Å². The zero-order valence-electron chi connectivity index (χ0n) is 14.8. The number of fused-ring (bicyclic) bond motifs is 1. The smallest absolute Gasteiger partial charge is 0.269 e. The lowest BCUT2D eigenvalue weighted by molar-refractivity contribution is -0.384. The molecule has 0 saturated heterocycles. The third-order valence-corrected chi connectivity index (χ3v) is 4.51. The van der Waals surface area contributed by atoms with Crippen LogP contribution in [0.25, 0.3) is 0 Å². The van der Waals surface area contributed by atoms with Gasteiger partial charge in [-0.2, -0.15) is 0 Å². The average Bonchev–Trinajstić information content (AvgIpc) is 2.73. The summed E-state index contributed by atoms with van der Waals surface area (Å²) in [4.78, 5) is 22.5. The number of carbonyl (C=O) groups is 1. The summed E-state index contributed by atoms with van der Waals surface area (Å²) in [5, 5.41) is 16.9.